The van der Waals surface area contributed by atoms with E-state index < -0.39 is 5.97 Å². The maximum Gasteiger partial charge on any atom is 0.331 e. The minimum Gasteiger partial charge on any atom is -0.478 e. The molecule has 1 saturated carbocycles. The second kappa shape index (κ2) is 5.48. The van der Waals surface area contributed by atoms with Crippen LogP contribution in [0.5, 0.6) is 0 Å². The summed E-state index contributed by atoms with van der Waals surface area (Å²) in [5.74, 6) is -0.952. The Morgan fingerprint density at radius 2 is 2.12 bits per heavy atom. The van der Waals surface area contributed by atoms with Crippen LogP contribution in [0.2, 0.25) is 0 Å². The molecule has 1 aromatic heterocycles. The Balaban J connectivity index is 1.74. The number of allylic oxidation sites excluding steroid dienone is 1. The lowest BCUT2D eigenvalue weighted by molar-refractivity contribution is -0.190. The molecular weight excluding hydrogens is 320 g/mol. The Bertz CT molecular complexity index is 733. The van der Waals surface area contributed by atoms with E-state index in [1.165, 1.54) is 0 Å². The van der Waals surface area contributed by atoms with Crippen LogP contribution in [0.25, 0.3) is 0 Å². The first-order chi connectivity index (χ1) is 11.9. The zero-order chi connectivity index (χ0) is 17.8. The number of aliphatic carboxylic acids is 1. The average molecular weight is 344 g/mol. The molecule has 1 N–H and O–H groups in total. The number of carboxylic acids is 1. The zero-order valence-electron chi connectivity index (χ0n) is 14.7. The molecule has 3 aliphatic rings. The van der Waals surface area contributed by atoms with Crippen molar-refractivity contribution in [1.29, 1.82) is 0 Å². The molecule has 1 aromatic rings. The fourth-order valence-electron chi connectivity index (χ4n) is 5.83. The molecule has 0 amide bonds. The highest BCUT2D eigenvalue weighted by Gasteiger charge is 2.61. The van der Waals surface area contributed by atoms with Gasteiger partial charge in [0.05, 0.1) is 18.4 Å². The Hall–Kier alpha value is -2.04. The number of hydrogen-bond donors (Lipinski definition) is 1. The highest BCUT2D eigenvalue weighted by molar-refractivity contribution is 5.88. The van der Waals surface area contributed by atoms with Crippen LogP contribution in [0.4, 0.5) is 0 Å². The predicted octanol–water partition coefficient (Wildman–Crippen LogP) is 4.11. The first-order valence-electron chi connectivity index (χ1n) is 9.03. The van der Waals surface area contributed by atoms with E-state index in [9.17, 15) is 14.7 Å². The maximum atomic E-state index is 12.7. The lowest BCUT2D eigenvalue weighted by Crippen LogP contribution is -2.56. The Kier molecular flexibility index (Phi) is 3.60. The highest BCUT2D eigenvalue weighted by Crippen LogP contribution is 2.64. The summed E-state index contributed by atoms with van der Waals surface area (Å²) in [6, 6.07) is 1.84. The molecule has 1 saturated heterocycles. The van der Waals surface area contributed by atoms with Crippen LogP contribution < -0.4 is 0 Å². The van der Waals surface area contributed by atoms with E-state index in [4.69, 9.17) is 9.15 Å². The summed E-state index contributed by atoms with van der Waals surface area (Å²) in [7, 11) is 0. The van der Waals surface area contributed by atoms with Gasteiger partial charge in [-0.05, 0) is 49.5 Å². The van der Waals surface area contributed by atoms with Crippen molar-refractivity contribution in [3.05, 3.63) is 35.8 Å². The summed E-state index contributed by atoms with van der Waals surface area (Å²) >= 11 is 0. The summed E-state index contributed by atoms with van der Waals surface area (Å²) in [5, 5.41) is 9.70. The third kappa shape index (κ3) is 2.28. The van der Waals surface area contributed by atoms with Gasteiger partial charge in [0.1, 0.15) is 6.10 Å². The van der Waals surface area contributed by atoms with Gasteiger partial charge in [-0.15, -0.1) is 0 Å². The number of fused-ring (bicyclic) bond motifs is 3. The van der Waals surface area contributed by atoms with Crippen molar-refractivity contribution in [2.45, 2.75) is 52.1 Å². The number of carbonyl (C=O) groups excluding carboxylic acids is 1. The van der Waals surface area contributed by atoms with Gasteiger partial charge in [-0.3, -0.25) is 4.79 Å². The van der Waals surface area contributed by atoms with Gasteiger partial charge >= 0.3 is 11.9 Å². The third-order valence-corrected chi connectivity index (χ3v) is 7.05. The van der Waals surface area contributed by atoms with E-state index in [1.807, 2.05) is 12.1 Å². The SMILES string of the molecule is C[C@]12C[C@@H](c3ccoc3)OC(=O)[C@@H]1CC[C@@]1(C)C(C(=O)O)=CCC[C@H]21. The molecule has 0 radical (unpaired) electrons. The smallest absolute Gasteiger partial charge is 0.331 e. The molecule has 2 aliphatic carbocycles. The molecule has 134 valence electrons. The zero-order valence-corrected chi connectivity index (χ0v) is 14.7. The lowest BCUT2D eigenvalue weighted by atomic mass is 9.45. The second-order valence-electron chi connectivity index (χ2n) is 8.25. The van der Waals surface area contributed by atoms with Crippen LogP contribution >= 0.6 is 0 Å². The topological polar surface area (TPSA) is 76.7 Å². The van der Waals surface area contributed by atoms with Crippen LogP contribution in [0.1, 0.15) is 57.6 Å². The van der Waals surface area contributed by atoms with Crippen molar-refractivity contribution < 1.29 is 23.8 Å². The molecule has 0 aromatic carbocycles. The van der Waals surface area contributed by atoms with Crippen LogP contribution in [0, 0.1) is 22.7 Å². The van der Waals surface area contributed by atoms with Crippen molar-refractivity contribution >= 4 is 11.9 Å². The summed E-state index contributed by atoms with van der Waals surface area (Å²) in [5.41, 5.74) is 0.764. The summed E-state index contributed by atoms with van der Waals surface area (Å²) in [6.07, 6.45) is 8.61. The van der Waals surface area contributed by atoms with Gasteiger partial charge in [-0.1, -0.05) is 19.9 Å². The molecule has 0 unspecified atom stereocenters. The number of cyclic esters (lactones) is 1. The molecule has 0 bridgehead atoms. The summed E-state index contributed by atoms with van der Waals surface area (Å²) in [6.45, 7) is 4.24. The maximum absolute atomic E-state index is 12.7. The van der Waals surface area contributed by atoms with Gasteiger partial charge in [0, 0.05) is 16.6 Å². The van der Waals surface area contributed by atoms with Gasteiger partial charge in [0.2, 0.25) is 0 Å². The van der Waals surface area contributed by atoms with Gasteiger partial charge in [0.15, 0.2) is 0 Å². The highest BCUT2D eigenvalue weighted by atomic mass is 16.5. The van der Waals surface area contributed by atoms with Gasteiger partial charge < -0.3 is 14.3 Å². The standard InChI is InChI=1S/C20H24O5/c1-19-8-6-14-18(23)25-15(12-7-9-24-11-12)10-20(14,2)16(19)5-3-4-13(19)17(21)22/h4,7,9,11,14-16H,3,5-6,8,10H2,1-2H3,(H,21,22)/t14-,15-,16-,19-,20-/m0/s1. The van der Waals surface area contributed by atoms with Crippen molar-refractivity contribution in [2.24, 2.45) is 22.7 Å². The first kappa shape index (κ1) is 16.4. The van der Waals surface area contributed by atoms with E-state index >= 15 is 0 Å². The van der Waals surface area contributed by atoms with E-state index in [0.29, 0.717) is 12.0 Å². The Morgan fingerprint density at radius 3 is 2.80 bits per heavy atom. The number of carboxylic acid groups (broad SMARTS) is 1. The molecular formula is C20H24O5. The number of hydrogen-bond acceptors (Lipinski definition) is 4. The molecule has 1 aliphatic heterocycles. The number of ether oxygens (including phenoxy) is 1. The fraction of sp³-hybridized carbons (Fsp3) is 0.600. The van der Waals surface area contributed by atoms with E-state index in [-0.39, 0.29) is 34.7 Å². The van der Waals surface area contributed by atoms with Crippen LogP contribution in [-0.4, -0.2) is 17.0 Å². The molecule has 5 atom stereocenters. The van der Waals surface area contributed by atoms with E-state index in [1.54, 1.807) is 12.5 Å². The van der Waals surface area contributed by atoms with Crippen LogP contribution in [0.15, 0.2) is 34.7 Å². The lowest BCUT2D eigenvalue weighted by Gasteiger charge is -2.59. The van der Waals surface area contributed by atoms with Gasteiger partial charge in [-0.25, -0.2) is 4.79 Å². The van der Waals surface area contributed by atoms with Crippen molar-refractivity contribution in [3.8, 4) is 0 Å². The van der Waals surface area contributed by atoms with Crippen molar-refractivity contribution in [1.82, 2.24) is 0 Å². The minimum atomic E-state index is -0.820. The number of esters is 1. The quantitative estimate of drug-likeness (QED) is 0.817. The van der Waals surface area contributed by atoms with E-state index in [2.05, 4.69) is 13.8 Å². The molecule has 5 heteroatoms. The first-order valence-corrected chi connectivity index (χ1v) is 9.03. The molecule has 25 heavy (non-hydrogen) atoms. The number of rotatable bonds is 2. The molecule has 4 rings (SSSR count). The van der Waals surface area contributed by atoms with E-state index in [0.717, 1.165) is 31.2 Å². The third-order valence-electron chi connectivity index (χ3n) is 7.05. The monoisotopic (exact) mass is 344 g/mol. The Morgan fingerprint density at radius 1 is 1.32 bits per heavy atom. The van der Waals surface area contributed by atoms with Crippen LogP contribution in [-0.2, 0) is 14.3 Å². The largest absolute Gasteiger partial charge is 0.478 e. The number of carbonyl (C=O) groups is 2. The van der Waals surface area contributed by atoms with Crippen molar-refractivity contribution in [3.63, 3.8) is 0 Å². The predicted molar refractivity (Wildman–Crippen MR) is 89.5 cm³/mol. The molecule has 5 nitrogen and oxygen atoms in total. The average Bonchev–Trinajstić information content (AvgIpc) is 3.07. The minimum absolute atomic E-state index is 0.145. The van der Waals surface area contributed by atoms with Gasteiger partial charge in [-0.2, -0.15) is 0 Å². The Labute approximate surface area is 147 Å². The van der Waals surface area contributed by atoms with Crippen molar-refractivity contribution in [2.75, 3.05) is 0 Å². The number of furan rings is 1. The fourth-order valence-corrected chi connectivity index (χ4v) is 5.83. The molecule has 2 fully saturated rings. The molecule has 0 spiro atoms. The second-order valence-corrected chi connectivity index (χ2v) is 8.25. The van der Waals surface area contributed by atoms with Gasteiger partial charge in [0.25, 0.3) is 0 Å². The van der Waals surface area contributed by atoms with Crippen LogP contribution in [0.3, 0.4) is 0 Å². The molecule has 2 heterocycles. The normalized spacial score (nSPS) is 40.5. The summed E-state index contributed by atoms with van der Waals surface area (Å²) in [4.78, 5) is 24.6. The summed E-state index contributed by atoms with van der Waals surface area (Å²) < 4.78 is 10.9.